The Hall–Kier alpha value is -4.80. The number of aromatic nitrogens is 1. The summed E-state index contributed by atoms with van der Waals surface area (Å²) in [6.45, 7) is 0. The van der Waals surface area contributed by atoms with E-state index in [1.54, 1.807) is 49.6 Å². The van der Waals surface area contributed by atoms with Gasteiger partial charge in [0.1, 0.15) is 11.3 Å². The summed E-state index contributed by atoms with van der Waals surface area (Å²) in [5, 5.41) is 24.6. The first-order valence-corrected chi connectivity index (χ1v) is 9.14. The normalized spacial score (nSPS) is 10.7. The third-order valence-corrected chi connectivity index (χ3v) is 4.57. The number of hydrogen-bond donors (Lipinski definition) is 1. The smallest absolute Gasteiger partial charge is 0.277 e. The summed E-state index contributed by atoms with van der Waals surface area (Å²) in [6, 6.07) is 14.6. The first-order valence-electron chi connectivity index (χ1n) is 9.14. The van der Waals surface area contributed by atoms with Crippen LogP contribution in [0, 0.1) is 20.2 Å². The maximum absolute atomic E-state index is 12.6. The van der Waals surface area contributed by atoms with Crippen molar-refractivity contribution >= 4 is 34.1 Å². The minimum absolute atomic E-state index is 0.220. The third-order valence-electron chi connectivity index (χ3n) is 4.57. The third kappa shape index (κ3) is 4.07. The fourth-order valence-electron chi connectivity index (χ4n) is 3.00. The Labute approximate surface area is 179 Å². The Balaban J connectivity index is 1.61. The molecule has 0 spiro atoms. The number of nitro benzene ring substituents is 2. The van der Waals surface area contributed by atoms with Gasteiger partial charge in [-0.2, -0.15) is 0 Å². The van der Waals surface area contributed by atoms with Crippen LogP contribution in [0.3, 0.4) is 0 Å². The number of benzene rings is 3. The molecule has 3 aromatic carbocycles. The summed E-state index contributed by atoms with van der Waals surface area (Å²) in [5.74, 6) is 0.322. The van der Waals surface area contributed by atoms with Gasteiger partial charge in [0.25, 0.3) is 17.3 Å². The molecule has 11 nitrogen and oxygen atoms in total. The van der Waals surface area contributed by atoms with Crippen molar-refractivity contribution in [3.63, 3.8) is 0 Å². The minimum atomic E-state index is -0.801. The lowest BCUT2D eigenvalue weighted by atomic mass is 10.1. The van der Waals surface area contributed by atoms with Crippen LogP contribution in [0.25, 0.3) is 22.6 Å². The van der Waals surface area contributed by atoms with Gasteiger partial charge in [-0.15, -0.1) is 0 Å². The molecular formula is C21H14N4O7. The number of non-ortho nitro benzene ring substituents is 2. The van der Waals surface area contributed by atoms with E-state index in [1.165, 1.54) is 0 Å². The predicted molar refractivity (Wildman–Crippen MR) is 114 cm³/mol. The molecule has 1 heterocycles. The van der Waals surface area contributed by atoms with E-state index in [9.17, 15) is 25.0 Å². The number of ether oxygens (including phenoxy) is 1. The summed E-state index contributed by atoms with van der Waals surface area (Å²) in [4.78, 5) is 37.5. The first kappa shape index (κ1) is 20.5. The zero-order valence-electron chi connectivity index (χ0n) is 16.5. The van der Waals surface area contributed by atoms with Crippen molar-refractivity contribution in [2.24, 2.45) is 0 Å². The summed E-state index contributed by atoms with van der Waals surface area (Å²) >= 11 is 0. The number of carbonyl (C=O) groups excluding carboxylic acids is 1. The van der Waals surface area contributed by atoms with Crippen molar-refractivity contribution in [3.05, 3.63) is 86.5 Å². The number of rotatable bonds is 6. The standard InChI is InChI=1S/C21H14N4O7/c1-31-17-5-2-12(3-6-17)21-23-18-7-4-14(10-19(18)32-21)22-20(26)13-8-15(24(27)28)11-16(9-13)25(29)30/h2-11H,1H3,(H,22,26). The van der Waals surface area contributed by atoms with Gasteiger partial charge in [0.15, 0.2) is 5.58 Å². The fraction of sp³-hybridized carbons (Fsp3) is 0.0476. The van der Waals surface area contributed by atoms with Gasteiger partial charge in [0.05, 0.1) is 28.6 Å². The Morgan fingerprint density at radius 3 is 2.22 bits per heavy atom. The van der Waals surface area contributed by atoms with Crippen molar-refractivity contribution in [2.45, 2.75) is 0 Å². The molecule has 0 saturated heterocycles. The average molecular weight is 434 g/mol. The van der Waals surface area contributed by atoms with E-state index in [1.807, 2.05) is 0 Å². The molecule has 0 fully saturated rings. The zero-order chi connectivity index (χ0) is 22.8. The van der Waals surface area contributed by atoms with Crippen molar-refractivity contribution in [2.75, 3.05) is 12.4 Å². The van der Waals surface area contributed by atoms with Crippen LogP contribution in [0.1, 0.15) is 10.4 Å². The topological polar surface area (TPSA) is 151 Å². The molecule has 0 aliphatic rings. The highest BCUT2D eigenvalue weighted by Crippen LogP contribution is 2.28. The van der Waals surface area contributed by atoms with Crippen LogP contribution < -0.4 is 10.1 Å². The lowest BCUT2D eigenvalue weighted by Crippen LogP contribution is -2.12. The molecule has 0 unspecified atom stereocenters. The maximum Gasteiger partial charge on any atom is 0.277 e. The molecule has 4 aromatic rings. The van der Waals surface area contributed by atoms with Crippen molar-refractivity contribution in [1.82, 2.24) is 4.98 Å². The lowest BCUT2D eigenvalue weighted by molar-refractivity contribution is -0.394. The van der Waals surface area contributed by atoms with Gasteiger partial charge in [-0.3, -0.25) is 25.0 Å². The Bertz CT molecular complexity index is 1330. The predicted octanol–water partition coefficient (Wildman–Crippen LogP) is 4.57. The molecule has 1 aromatic heterocycles. The van der Waals surface area contributed by atoms with Gasteiger partial charge < -0.3 is 14.5 Å². The van der Waals surface area contributed by atoms with Crippen LogP contribution in [0.5, 0.6) is 5.75 Å². The quantitative estimate of drug-likeness (QED) is 0.342. The summed E-state index contributed by atoms with van der Waals surface area (Å²) in [7, 11) is 1.57. The van der Waals surface area contributed by atoms with E-state index in [4.69, 9.17) is 9.15 Å². The second kappa shape index (κ2) is 8.14. The van der Waals surface area contributed by atoms with E-state index in [2.05, 4.69) is 10.3 Å². The minimum Gasteiger partial charge on any atom is -0.497 e. The fourth-order valence-corrected chi connectivity index (χ4v) is 3.00. The second-order valence-corrected chi connectivity index (χ2v) is 6.64. The van der Waals surface area contributed by atoms with Crippen LogP contribution in [-0.4, -0.2) is 27.8 Å². The molecule has 160 valence electrons. The van der Waals surface area contributed by atoms with Crippen LogP contribution in [0.15, 0.2) is 65.1 Å². The first-order chi connectivity index (χ1) is 15.3. The Kier molecular flexibility index (Phi) is 5.21. The number of nitrogens with zero attached hydrogens (tertiary/aromatic N) is 3. The van der Waals surface area contributed by atoms with Crippen molar-refractivity contribution < 1.29 is 23.8 Å². The lowest BCUT2D eigenvalue weighted by Gasteiger charge is -2.05. The molecule has 4 rings (SSSR count). The highest BCUT2D eigenvalue weighted by molar-refractivity contribution is 6.05. The Morgan fingerprint density at radius 1 is 0.969 bits per heavy atom. The SMILES string of the molecule is COc1ccc(-c2nc3ccc(NC(=O)c4cc([N+](=O)[O-])cc([N+](=O)[O-])c4)cc3o2)cc1. The number of oxazole rings is 1. The molecule has 0 aliphatic heterocycles. The molecule has 11 heteroatoms. The number of fused-ring (bicyclic) bond motifs is 1. The van der Waals surface area contributed by atoms with E-state index >= 15 is 0 Å². The van der Waals surface area contributed by atoms with E-state index in [0.29, 0.717) is 28.4 Å². The van der Waals surface area contributed by atoms with Gasteiger partial charge in [0, 0.05) is 29.4 Å². The number of amides is 1. The number of anilines is 1. The second-order valence-electron chi connectivity index (χ2n) is 6.64. The number of nitro groups is 2. The summed E-state index contributed by atoms with van der Waals surface area (Å²) in [5.41, 5.74) is 0.685. The molecule has 0 radical (unpaired) electrons. The zero-order valence-corrected chi connectivity index (χ0v) is 16.5. The number of hydrogen-bond acceptors (Lipinski definition) is 8. The van der Waals surface area contributed by atoms with E-state index in [-0.39, 0.29) is 5.56 Å². The highest BCUT2D eigenvalue weighted by Gasteiger charge is 2.20. The molecular weight excluding hydrogens is 420 g/mol. The molecule has 0 atom stereocenters. The van der Waals surface area contributed by atoms with Gasteiger partial charge >= 0.3 is 0 Å². The van der Waals surface area contributed by atoms with Crippen molar-refractivity contribution in [1.29, 1.82) is 0 Å². The number of methoxy groups -OCH3 is 1. The van der Waals surface area contributed by atoms with Crippen LogP contribution in [0.4, 0.5) is 17.1 Å². The van der Waals surface area contributed by atoms with Gasteiger partial charge in [-0.1, -0.05) is 0 Å². The van der Waals surface area contributed by atoms with Gasteiger partial charge in [-0.05, 0) is 36.4 Å². The molecule has 0 bridgehead atoms. The Morgan fingerprint density at radius 2 is 1.62 bits per heavy atom. The van der Waals surface area contributed by atoms with Crippen molar-refractivity contribution in [3.8, 4) is 17.2 Å². The largest absolute Gasteiger partial charge is 0.497 e. The molecule has 1 N–H and O–H groups in total. The molecule has 0 saturated carbocycles. The summed E-state index contributed by atoms with van der Waals surface area (Å²) in [6.07, 6.45) is 0. The highest BCUT2D eigenvalue weighted by atomic mass is 16.6. The monoisotopic (exact) mass is 434 g/mol. The van der Waals surface area contributed by atoms with Crippen LogP contribution >= 0.6 is 0 Å². The molecule has 0 aliphatic carbocycles. The molecule has 32 heavy (non-hydrogen) atoms. The summed E-state index contributed by atoms with van der Waals surface area (Å²) < 4.78 is 10.9. The number of carbonyl (C=O) groups is 1. The molecule has 1 amide bonds. The van der Waals surface area contributed by atoms with E-state index in [0.717, 1.165) is 23.8 Å². The van der Waals surface area contributed by atoms with Gasteiger partial charge in [-0.25, -0.2) is 4.98 Å². The van der Waals surface area contributed by atoms with Crippen LogP contribution in [0.2, 0.25) is 0 Å². The van der Waals surface area contributed by atoms with E-state index < -0.39 is 27.1 Å². The number of nitrogens with one attached hydrogen (secondary N) is 1. The van der Waals surface area contributed by atoms with Gasteiger partial charge in [0.2, 0.25) is 5.89 Å². The maximum atomic E-state index is 12.6. The average Bonchev–Trinajstić information content (AvgIpc) is 3.22. The van der Waals surface area contributed by atoms with Crippen LogP contribution in [-0.2, 0) is 0 Å².